The van der Waals surface area contributed by atoms with Crippen molar-refractivity contribution in [2.45, 2.75) is 116 Å². The number of rotatable bonds is 14. The standard InChI is InChI=1S/C32H52N6O3/c1-23-7-11-29(12-8-23)37-19-27(35-21-37)17-25(5-3-15-33)31(39)41-32(40)26(6-4-16-34)18-28-20-38(22-36-28)30-13-9-24(2)10-14-30/h19-26,29-30H,3-18,33-34H2,1-2H3/t23-,24-,25?,26?,29-,30-. The highest BCUT2D eigenvalue weighted by molar-refractivity contribution is 5.88. The van der Waals surface area contributed by atoms with Crippen LogP contribution in [0.1, 0.15) is 114 Å². The highest BCUT2D eigenvalue weighted by atomic mass is 16.6. The van der Waals surface area contributed by atoms with Gasteiger partial charge in [0.2, 0.25) is 0 Å². The molecule has 0 spiro atoms. The van der Waals surface area contributed by atoms with Crippen molar-refractivity contribution in [3.05, 3.63) is 36.4 Å². The number of aromatic nitrogens is 4. The van der Waals surface area contributed by atoms with Crippen LogP contribution >= 0.6 is 0 Å². The summed E-state index contributed by atoms with van der Waals surface area (Å²) in [5, 5.41) is 0. The Balaban J connectivity index is 1.36. The Bertz CT molecular complexity index is 997. The number of esters is 2. The zero-order valence-corrected chi connectivity index (χ0v) is 25.3. The molecule has 2 atom stereocenters. The number of carbonyl (C=O) groups excluding carboxylic acids is 2. The average molecular weight is 569 g/mol. The van der Waals surface area contributed by atoms with Gasteiger partial charge in [-0.25, -0.2) is 9.97 Å². The van der Waals surface area contributed by atoms with E-state index in [0.29, 0.717) is 63.7 Å². The van der Waals surface area contributed by atoms with Crippen LogP contribution < -0.4 is 11.5 Å². The molecule has 2 aromatic rings. The van der Waals surface area contributed by atoms with Crippen LogP contribution in [0.25, 0.3) is 0 Å². The summed E-state index contributed by atoms with van der Waals surface area (Å²) in [5.41, 5.74) is 13.3. The molecule has 2 unspecified atom stereocenters. The number of nitrogens with two attached hydrogens (primary N) is 2. The Hall–Kier alpha value is -2.52. The lowest BCUT2D eigenvalue weighted by molar-refractivity contribution is -0.166. The van der Waals surface area contributed by atoms with Gasteiger partial charge in [-0.05, 0) is 102 Å². The molecule has 228 valence electrons. The molecule has 0 aromatic carbocycles. The van der Waals surface area contributed by atoms with Gasteiger partial charge in [-0.3, -0.25) is 9.59 Å². The Morgan fingerprint density at radius 3 is 1.51 bits per heavy atom. The van der Waals surface area contributed by atoms with Crippen molar-refractivity contribution in [2.24, 2.45) is 35.1 Å². The van der Waals surface area contributed by atoms with Gasteiger partial charge in [0, 0.05) is 37.3 Å². The van der Waals surface area contributed by atoms with Crippen molar-refractivity contribution >= 4 is 11.9 Å². The molecule has 2 aliphatic carbocycles. The number of hydrogen-bond acceptors (Lipinski definition) is 7. The minimum atomic E-state index is -0.482. The molecule has 0 saturated heterocycles. The summed E-state index contributed by atoms with van der Waals surface area (Å²) in [4.78, 5) is 35.8. The van der Waals surface area contributed by atoms with Crippen LogP contribution in [0, 0.1) is 23.7 Å². The van der Waals surface area contributed by atoms with Crippen LogP contribution in [0.5, 0.6) is 0 Å². The fourth-order valence-corrected chi connectivity index (χ4v) is 6.56. The van der Waals surface area contributed by atoms with E-state index in [9.17, 15) is 9.59 Å². The maximum atomic E-state index is 13.3. The first-order valence-electron chi connectivity index (χ1n) is 16.1. The van der Waals surface area contributed by atoms with Gasteiger partial charge >= 0.3 is 11.9 Å². The maximum Gasteiger partial charge on any atom is 0.316 e. The van der Waals surface area contributed by atoms with Gasteiger partial charge in [0.05, 0.1) is 35.9 Å². The van der Waals surface area contributed by atoms with E-state index in [2.05, 4.69) is 45.3 Å². The van der Waals surface area contributed by atoms with Crippen molar-refractivity contribution < 1.29 is 14.3 Å². The van der Waals surface area contributed by atoms with Gasteiger partial charge in [-0.1, -0.05) is 13.8 Å². The minimum Gasteiger partial charge on any atom is -0.393 e. The van der Waals surface area contributed by atoms with Gasteiger partial charge < -0.3 is 25.3 Å². The molecule has 4 N–H and O–H groups in total. The number of imidazole rings is 2. The number of ether oxygens (including phenoxy) is 1. The van der Waals surface area contributed by atoms with Crippen molar-refractivity contribution in [3.63, 3.8) is 0 Å². The monoisotopic (exact) mass is 568 g/mol. The molecule has 0 radical (unpaired) electrons. The van der Waals surface area contributed by atoms with E-state index in [1.165, 1.54) is 25.7 Å². The fourth-order valence-electron chi connectivity index (χ4n) is 6.56. The Labute approximate surface area is 245 Å². The molecule has 2 aromatic heterocycles. The predicted octanol–water partition coefficient (Wildman–Crippen LogP) is 5.15. The molecule has 2 saturated carbocycles. The van der Waals surface area contributed by atoms with E-state index in [1.807, 2.05) is 12.7 Å². The maximum absolute atomic E-state index is 13.3. The smallest absolute Gasteiger partial charge is 0.316 e. The molecule has 0 aliphatic heterocycles. The summed E-state index contributed by atoms with van der Waals surface area (Å²) in [6, 6.07) is 0.939. The zero-order valence-electron chi connectivity index (χ0n) is 25.3. The van der Waals surface area contributed by atoms with E-state index < -0.39 is 23.8 Å². The quantitative estimate of drug-likeness (QED) is 0.238. The van der Waals surface area contributed by atoms with Gasteiger partial charge in [-0.15, -0.1) is 0 Å². The summed E-state index contributed by atoms with van der Waals surface area (Å²) >= 11 is 0. The van der Waals surface area contributed by atoms with E-state index in [-0.39, 0.29) is 0 Å². The second kappa shape index (κ2) is 15.6. The summed E-state index contributed by atoms with van der Waals surface area (Å²) < 4.78 is 9.96. The third-order valence-electron chi connectivity index (χ3n) is 9.42. The summed E-state index contributed by atoms with van der Waals surface area (Å²) in [6.45, 7) is 5.59. The third kappa shape index (κ3) is 9.23. The average Bonchev–Trinajstić information content (AvgIpc) is 3.64. The SMILES string of the molecule is C[C@H]1CC[C@H](n2cnc(CC(CCCN)C(=O)OC(=O)C(CCCN)Cc3cn([C@H]4CC[C@H](C)CC4)cn3)c2)CC1. The minimum absolute atomic E-state index is 0.445. The normalized spacial score (nSPS) is 24.6. The molecule has 0 amide bonds. The van der Waals surface area contributed by atoms with Crippen molar-refractivity contribution in [1.82, 2.24) is 19.1 Å². The number of hydrogen-bond donors (Lipinski definition) is 2. The molecular formula is C32H52N6O3. The first kappa shape index (κ1) is 31.4. The van der Waals surface area contributed by atoms with Gasteiger partial charge in [0.15, 0.2) is 0 Å². The topological polar surface area (TPSA) is 131 Å². The Morgan fingerprint density at radius 1 is 0.756 bits per heavy atom. The Kier molecular flexibility index (Phi) is 12.0. The second-order valence-corrected chi connectivity index (χ2v) is 12.9. The molecule has 2 aliphatic rings. The largest absolute Gasteiger partial charge is 0.393 e. The lowest BCUT2D eigenvalue weighted by Gasteiger charge is -2.27. The van der Waals surface area contributed by atoms with Gasteiger partial charge in [0.1, 0.15) is 0 Å². The number of nitrogens with zero attached hydrogens (tertiary/aromatic N) is 4. The second-order valence-electron chi connectivity index (χ2n) is 12.9. The van der Waals surface area contributed by atoms with Gasteiger partial charge in [0.25, 0.3) is 0 Å². The van der Waals surface area contributed by atoms with Crippen LogP contribution in [0.2, 0.25) is 0 Å². The van der Waals surface area contributed by atoms with Crippen LogP contribution in [-0.2, 0) is 27.2 Å². The third-order valence-corrected chi connectivity index (χ3v) is 9.42. The van der Waals surface area contributed by atoms with Gasteiger partial charge in [-0.2, -0.15) is 0 Å². The van der Waals surface area contributed by atoms with E-state index in [1.54, 1.807) is 0 Å². The molecular weight excluding hydrogens is 516 g/mol. The Morgan fingerprint density at radius 2 is 1.15 bits per heavy atom. The first-order chi connectivity index (χ1) is 19.9. The molecule has 2 heterocycles. The van der Waals surface area contributed by atoms with Crippen molar-refractivity contribution in [2.75, 3.05) is 13.1 Å². The highest BCUT2D eigenvalue weighted by Crippen LogP contribution is 2.33. The van der Waals surface area contributed by atoms with Crippen LogP contribution in [0.3, 0.4) is 0 Å². The van der Waals surface area contributed by atoms with Crippen LogP contribution in [0.15, 0.2) is 25.0 Å². The molecule has 9 nitrogen and oxygen atoms in total. The first-order valence-corrected chi connectivity index (χ1v) is 16.1. The zero-order chi connectivity index (χ0) is 29.2. The lowest BCUT2D eigenvalue weighted by Crippen LogP contribution is -2.29. The van der Waals surface area contributed by atoms with Crippen LogP contribution in [-0.4, -0.2) is 44.1 Å². The van der Waals surface area contributed by atoms with E-state index in [0.717, 1.165) is 48.9 Å². The molecule has 4 rings (SSSR count). The molecule has 41 heavy (non-hydrogen) atoms. The summed E-state index contributed by atoms with van der Waals surface area (Å²) in [7, 11) is 0. The van der Waals surface area contributed by atoms with Crippen LogP contribution in [0.4, 0.5) is 0 Å². The highest BCUT2D eigenvalue weighted by Gasteiger charge is 2.29. The fraction of sp³-hybridized carbons (Fsp3) is 0.750. The molecule has 0 bridgehead atoms. The summed E-state index contributed by atoms with van der Waals surface area (Å²) in [5.74, 6) is -0.312. The number of carbonyl (C=O) groups is 2. The molecule has 9 heteroatoms. The lowest BCUT2D eigenvalue weighted by atomic mass is 9.87. The van der Waals surface area contributed by atoms with Crippen molar-refractivity contribution in [3.8, 4) is 0 Å². The predicted molar refractivity (Wildman–Crippen MR) is 160 cm³/mol. The van der Waals surface area contributed by atoms with E-state index >= 15 is 0 Å². The van der Waals surface area contributed by atoms with E-state index in [4.69, 9.17) is 16.2 Å². The summed E-state index contributed by atoms with van der Waals surface area (Å²) in [6.07, 6.45) is 20.9. The molecule has 2 fully saturated rings. The van der Waals surface area contributed by atoms with Crippen molar-refractivity contribution in [1.29, 1.82) is 0 Å².